The summed E-state index contributed by atoms with van der Waals surface area (Å²) in [6.07, 6.45) is 3.58. The maximum absolute atomic E-state index is 11.9. The fraction of sp³-hybridized carbons (Fsp3) is 0.0526. The van der Waals surface area contributed by atoms with Gasteiger partial charge < -0.3 is 0 Å². The molecule has 23 heavy (non-hydrogen) atoms. The molecule has 0 fully saturated rings. The molecule has 0 atom stereocenters. The lowest BCUT2D eigenvalue weighted by atomic mass is 10.2. The zero-order valence-electron chi connectivity index (χ0n) is 12.8. The van der Waals surface area contributed by atoms with E-state index in [1.165, 1.54) is 0 Å². The molecular formula is C19H17N3O. The summed E-state index contributed by atoms with van der Waals surface area (Å²) in [7, 11) is 0. The highest BCUT2D eigenvalue weighted by Crippen LogP contribution is 2.08. The molecule has 0 aliphatic heterocycles. The van der Waals surface area contributed by atoms with Crippen LogP contribution in [0.25, 0.3) is 5.69 Å². The Bertz CT molecular complexity index is 865. The van der Waals surface area contributed by atoms with E-state index in [1.807, 2.05) is 73.8 Å². The van der Waals surface area contributed by atoms with Crippen molar-refractivity contribution in [3.05, 3.63) is 94.4 Å². The molecule has 0 amide bonds. The average molecular weight is 303 g/mol. The van der Waals surface area contributed by atoms with E-state index in [0.29, 0.717) is 0 Å². The third kappa shape index (κ3) is 3.74. The first-order valence-corrected chi connectivity index (χ1v) is 7.36. The molecule has 3 aromatic rings. The Hall–Kier alpha value is -3.14. The smallest absolute Gasteiger partial charge is 0.255 e. The molecule has 0 spiro atoms. The number of hydrogen-bond donors (Lipinski definition) is 1. The number of hydrazone groups is 1. The van der Waals surface area contributed by atoms with Crippen molar-refractivity contribution in [2.24, 2.45) is 5.10 Å². The molecule has 0 aliphatic carbocycles. The van der Waals surface area contributed by atoms with Crippen LogP contribution in [0, 0.1) is 6.92 Å². The van der Waals surface area contributed by atoms with E-state index in [2.05, 4.69) is 10.5 Å². The third-order valence-electron chi connectivity index (χ3n) is 3.41. The van der Waals surface area contributed by atoms with Gasteiger partial charge in [-0.15, -0.1) is 0 Å². The van der Waals surface area contributed by atoms with Crippen molar-refractivity contribution in [1.82, 2.24) is 4.57 Å². The summed E-state index contributed by atoms with van der Waals surface area (Å²) in [5, 5.41) is 4.20. The topological polar surface area (TPSA) is 46.4 Å². The fourth-order valence-electron chi connectivity index (χ4n) is 2.21. The first kappa shape index (κ1) is 14.8. The van der Waals surface area contributed by atoms with E-state index in [1.54, 1.807) is 16.8 Å². The highest BCUT2D eigenvalue weighted by atomic mass is 16.1. The van der Waals surface area contributed by atoms with Gasteiger partial charge in [0.15, 0.2) is 0 Å². The van der Waals surface area contributed by atoms with Crippen LogP contribution in [-0.2, 0) is 0 Å². The Kier molecular flexibility index (Phi) is 4.34. The van der Waals surface area contributed by atoms with Crippen LogP contribution in [0.1, 0.15) is 11.1 Å². The molecule has 0 radical (unpaired) electrons. The summed E-state index contributed by atoms with van der Waals surface area (Å²) < 4.78 is 1.64. The lowest BCUT2D eigenvalue weighted by molar-refractivity contribution is 0.976. The summed E-state index contributed by atoms with van der Waals surface area (Å²) in [6, 6.07) is 20.8. The van der Waals surface area contributed by atoms with E-state index < -0.39 is 0 Å². The van der Waals surface area contributed by atoms with Crippen molar-refractivity contribution in [3.63, 3.8) is 0 Å². The summed E-state index contributed by atoms with van der Waals surface area (Å²) in [5.41, 5.74) is 6.71. The Morgan fingerprint density at radius 2 is 1.70 bits per heavy atom. The number of nitrogens with one attached hydrogen (secondary N) is 1. The zero-order chi connectivity index (χ0) is 16.1. The molecule has 1 heterocycles. The molecule has 4 heteroatoms. The molecule has 0 saturated carbocycles. The van der Waals surface area contributed by atoms with Gasteiger partial charge in [0, 0.05) is 18.0 Å². The number of aromatic nitrogens is 1. The average Bonchev–Trinajstić information content (AvgIpc) is 2.59. The van der Waals surface area contributed by atoms with Gasteiger partial charge in [0.05, 0.1) is 11.9 Å². The van der Waals surface area contributed by atoms with Crippen molar-refractivity contribution in [3.8, 4) is 5.69 Å². The minimum Gasteiger partial charge on any atom is -0.284 e. The number of rotatable bonds is 4. The molecule has 1 aromatic heterocycles. The zero-order valence-corrected chi connectivity index (χ0v) is 12.8. The monoisotopic (exact) mass is 303 g/mol. The van der Waals surface area contributed by atoms with Crippen LogP contribution >= 0.6 is 0 Å². The molecule has 0 unspecified atom stereocenters. The van der Waals surface area contributed by atoms with E-state index in [0.717, 1.165) is 22.5 Å². The van der Waals surface area contributed by atoms with Gasteiger partial charge in [0.2, 0.25) is 0 Å². The SMILES string of the molecule is Cc1ccc(=O)n(-c2ccc(C=NNc3ccccc3)cc2)c1. The molecule has 3 rings (SSSR count). The van der Waals surface area contributed by atoms with Gasteiger partial charge >= 0.3 is 0 Å². The van der Waals surface area contributed by atoms with E-state index in [9.17, 15) is 4.79 Å². The van der Waals surface area contributed by atoms with Crippen molar-refractivity contribution in [1.29, 1.82) is 0 Å². The van der Waals surface area contributed by atoms with Crippen LogP contribution in [-0.4, -0.2) is 10.8 Å². The van der Waals surface area contributed by atoms with Gasteiger partial charge in [-0.25, -0.2) is 0 Å². The van der Waals surface area contributed by atoms with Crippen molar-refractivity contribution in [2.45, 2.75) is 6.92 Å². The number of anilines is 1. The normalized spacial score (nSPS) is 10.8. The summed E-state index contributed by atoms with van der Waals surface area (Å²) in [5.74, 6) is 0. The van der Waals surface area contributed by atoms with E-state index >= 15 is 0 Å². The molecule has 0 bridgehead atoms. The number of hydrogen-bond acceptors (Lipinski definition) is 3. The lowest BCUT2D eigenvalue weighted by Gasteiger charge is -2.06. The first-order chi connectivity index (χ1) is 11.2. The molecule has 114 valence electrons. The number of nitrogens with zero attached hydrogens (tertiary/aromatic N) is 2. The van der Waals surface area contributed by atoms with Gasteiger partial charge in [-0.3, -0.25) is 14.8 Å². The van der Waals surface area contributed by atoms with Gasteiger partial charge in [-0.05, 0) is 42.3 Å². The second-order valence-electron chi connectivity index (χ2n) is 5.24. The van der Waals surface area contributed by atoms with Crippen LogP contribution < -0.4 is 11.0 Å². The second-order valence-corrected chi connectivity index (χ2v) is 5.24. The summed E-state index contributed by atoms with van der Waals surface area (Å²) in [4.78, 5) is 11.9. The van der Waals surface area contributed by atoms with Crippen LogP contribution in [0.3, 0.4) is 0 Å². The third-order valence-corrected chi connectivity index (χ3v) is 3.41. The summed E-state index contributed by atoms with van der Waals surface area (Å²) >= 11 is 0. The van der Waals surface area contributed by atoms with Crippen molar-refractivity contribution < 1.29 is 0 Å². The predicted octanol–water partition coefficient (Wildman–Crippen LogP) is 3.59. The Balaban J connectivity index is 1.74. The maximum atomic E-state index is 11.9. The molecule has 1 N–H and O–H groups in total. The molecule has 4 nitrogen and oxygen atoms in total. The number of pyridine rings is 1. The molecule has 2 aromatic carbocycles. The Labute approximate surface area is 134 Å². The minimum absolute atomic E-state index is 0.0391. The fourth-order valence-corrected chi connectivity index (χ4v) is 2.21. The van der Waals surface area contributed by atoms with Crippen LogP contribution in [0.5, 0.6) is 0 Å². The molecular weight excluding hydrogens is 286 g/mol. The quantitative estimate of drug-likeness (QED) is 0.591. The van der Waals surface area contributed by atoms with Crippen molar-refractivity contribution in [2.75, 3.05) is 5.43 Å². The number of para-hydroxylation sites is 1. The summed E-state index contributed by atoms with van der Waals surface area (Å²) in [6.45, 7) is 1.96. The minimum atomic E-state index is -0.0391. The van der Waals surface area contributed by atoms with E-state index in [-0.39, 0.29) is 5.56 Å². The van der Waals surface area contributed by atoms with Crippen LogP contribution in [0.2, 0.25) is 0 Å². The van der Waals surface area contributed by atoms with Crippen molar-refractivity contribution >= 4 is 11.9 Å². The number of aryl methyl sites for hydroxylation is 1. The van der Waals surface area contributed by atoms with Gasteiger partial charge in [0.1, 0.15) is 0 Å². The standard InChI is InChI=1S/C19H17N3O/c1-15-7-12-19(23)22(14-15)18-10-8-16(9-11-18)13-20-21-17-5-3-2-4-6-17/h2-14,21H,1H3. The number of benzene rings is 2. The van der Waals surface area contributed by atoms with Gasteiger partial charge in [-0.1, -0.05) is 36.4 Å². The van der Waals surface area contributed by atoms with Gasteiger partial charge in [-0.2, -0.15) is 5.10 Å². The van der Waals surface area contributed by atoms with E-state index in [4.69, 9.17) is 0 Å². The van der Waals surface area contributed by atoms with Gasteiger partial charge in [0.25, 0.3) is 5.56 Å². The van der Waals surface area contributed by atoms with Crippen LogP contribution in [0.4, 0.5) is 5.69 Å². The molecule has 0 aliphatic rings. The maximum Gasteiger partial charge on any atom is 0.255 e. The highest BCUT2D eigenvalue weighted by Gasteiger charge is 1.99. The van der Waals surface area contributed by atoms with Crippen LogP contribution in [0.15, 0.2) is 82.8 Å². The first-order valence-electron chi connectivity index (χ1n) is 7.36. The predicted molar refractivity (Wildman–Crippen MR) is 94.4 cm³/mol. The second kappa shape index (κ2) is 6.75. The largest absolute Gasteiger partial charge is 0.284 e. The highest BCUT2D eigenvalue weighted by molar-refractivity contribution is 5.80. The molecule has 0 saturated heterocycles. The Morgan fingerprint density at radius 1 is 0.957 bits per heavy atom. The Morgan fingerprint density at radius 3 is 2.43 bits per heavy atom. The lowest BCUT2D eigenvalue weighted by Crippen LogP contribution is -2.16.